The number of nitrogens with one attached hydrogen (secondary N) is 3. The van der Waals surface area contributed by atoms with Gasteiger partial charge >= 0.3 is 0 Å². The smallest absolute Gasteiger partial charge is 0.0935 e. The molecule has 1 atom stereocenters. The highest BCUT2D eigenvalue weighted by Crippen LogP contribution is 2.36. The number of anilines is 2. The lowest BCUT2D eigenvalue weighted by Crippen LogP contribution is -2.16. The van der Waals surface area contributed by atoms with Crippen molar-refractivity contribution in [3.63, 3.8) is 0 Å². The van der Waals surface area contributed by atoms with Crippen LogP contribution in [-0.4, -0.2) is 6.17 Å². The minimum Gasteiger partial charge on any atom is -0.364 e. The molecule has 0 saturated heterocycles. The fourth-order valence-electron chi connectivity index (χ4n) is 2.15. The van der Waals surface area contributed by atoms with Gasteiger partial charge in [0.05, 0.1) is 17.5 Å². The van der Waals surface area contributed by atoms with Crippen molar-refractivity contribution in [2.45, 2.75) is 53.9 Å². The zero-order valence-corrected chi connectivity index (χ0v) is 11.6. The average molecular weight is 235 g/mol. The van der Waals surface area contributed by atoms with Crippen molar-refractivity contribution < 1.29 is 0 Å². The number of hydrogen-bond donors (Lipinski definition) is 3. The average Bonchev–Trinajstić information content (AvgIpc) is 2.98. The van der Waals surface area contributed by atoms with E-state index in [1.165, 1.54) is 22.5 Å². The molecule has 2 heterocycles. The van der Waals surface area contributed by atoms with Gasteiger partial charge in [-0.05, 0) is 24.1 Å². The molecule has 2 aliphatic rings. The molecule has 96 valence electrons. The van der Waals surface area contributed by atoms with Gasteiger partial charge in [0.15, 0.2) is 0 Å². The Labute approximate surface area is 105 Å². The van der Waals surface area contributed by atoms with Crippen LogP contribution in [0.25, 0.3) is 0 Å². The summed E-state index contributed by atoms with van der Waals surface area (Å²) in [6, 6.07) is 4.37. The van der Waals surface area contributed by atoms with Crippen LogP contribution < -0.4 is 16.0 Å². The molecule has 3 N–H and O–H groups in total. The maximum Gasteiger partial charge on any atom is 0.0935 e. The predicted octanol–water partition coefficient (Wildman–Crippen LogP) is 3.53. The second-order valence-corrected chi connectivity index (χ2v) is 3.74. The van der Waals surface area contributed by atoms with E-state index in [1.54, 1.807) is 0 Å². The Morgan fingerprint density at radius 2 is 1.71 bits per heavy atom. The minimum absolute atomic E-state index is 0.363. The van der Waals surface area contributed by atoms with Crippen LogP contribution in [0.3, 0.4) is 0 Å². The summed E-state index contributed by atoms with van der Waals surface area (Å²) < 4.78 is 0. The van der Waals surface area contributed by atoms with Crippen molar-refractivity contribution in [1.82, 2.24) is 5.32 Å². The van der Waals surface area contributed by atoms with E-state index in [-0.39, 0.29) is 0 Å². The fraction of sp³-hybridized carbons (Fsp3) is 0.571. The summed E-state index contributed by atoms with van der Waals surface area (Å²) >= 11 is 0. The number of rotatable bonds is 0. The molecular formula is C14H25N3. The molecular weight excluding hydrogens is 210 g/mol. The Hall–Kier alpha value is -1.22. The van der Waals surface area contributed by atoms with E-state index < -0.39 is 0 Å². The van der Waals surface area contributed by atoms with Crippen LogP contribution in [0.15, 0.2) is 12.1 Å². The Balaban J connectivity index is 0.000000330. The fourth-order valence-corrected chi connectivity index (χ4v) is 2.15. The first kappa shape index (κ1) is 13.8. The second kappa shape index (κ2) is 6.50. The number of fused-ring (bicyclic) bond motifs is 3. The monoisotopic (exact) mass is 235 g/mol. The lowest BCUT2D eigenvalue weighted by atomic mass is 10.1. The minimum atomic E-state index is 0.363. The summed E-state index contributed by atoms with van der Waals surface area (Å²) in [5, 5.41) is 10.2. The Bertz CT molecular complexity index is 361. The van der Waals surface area contributed by atoms with E-state index in [1.807, 2.05) is 27.7 Å². The van der Waals surface area contributed by atoms with E-state index in [4.69, 9.17) is 0 Å². The molecule has 0 radical (unpaired) electrons. The summed E-state index contributed by atoms with van der Waals surface area (Å²) in [4.78, 5) is 0. The Morgan fingerprint density at radius 3 is 2.41 bits per heavy atom. The van der Waals surface area contributed by atoms with Gasteiger partial charge in [-0.3, -0.25) is 0 Å². The molecule has 17 heavy (non-hydrogen) atoms. The van der Waals surface area contributed by atoms with Crippen molar-refractivity contribution in [3.8, 4) is 0 Å². The maximum absolute atomic E-state index is 3.45. The van der Waals surface area contributed by atoms with Crippen LogP contribution in [0, 0.1) is 0 Å². The van der Waals surface area contributed by atoms with Crippen LogP contribution in [0.5, 0.6) is 0 Å². The highest BCUT2D eigenvalue weighted by molar-refractivity contribution is 5.79. The van der Waals surface area contributed by atoms with Gasteiger partial charge < -0.3 is 16.0 Å². The lowest BCUT2D eigenvalue weighted by Gasteiger charge is -2.05. The molecule has 0 saturated carbocycles. The topological polar surface area (TPSA) is 36.1 Å². The van der Waals surface area contributed by atoms with E-state index in [2.05, 4.69) is 35.0 Å². The molecule has 3 heteroatoms. The predicted molar refractivity (Wildman–Crippen MR) is 76.4 cm³/mol. The summed E-state index contributed by atoms with van der Waals surface area (Å²) in [7, 11) is 0. The molecule has 0 bridgehead atoms. The lowest BCUT2D eigenvalue weighted by molar-refractivity contribution is 0.765. The van der Waals surface area contributed by atoms with Crippen LogP contribution in [0.2, 0.25) is 0 Å². The van der Waals surface area contributed by atoms with Crippen molar-refractivity contribution in [3.05, 3.63) is 23.3 Å². The van der Waals surface area contributed by atoms with Gasteiger partial charge in [-0.15, -0.1) is 0 Å². The van der Waals surface area contributed by atoms with Gasteiger partial charge in [-0.1, -0.05) is 33.8 Å². The van der Waals surface area contributed by atoms with Crippen LogP contribution in [0.1, 0.15) is 45.7 Å². The molecule has 0 fully saturated rings. The van der Waals surface area contributed by atoms with Crippen molar-refractivity contribution >= 4 is 11.4 Å². The van der Waals surface area contributed by atoms with Crippen LogP contribution >= 0.6 is 0 Å². The molecule has 3 rings (SSSR count). The summed E-state index contributed by atoms with van der Waals surface area (Å²) in [5.41, 5.74) is 5.42. The Kier molecular flexibility index (Phi) is 5.29. The molecule has 1 aromatic rings. The van der Waals surface area contributed by atoms with Gasteiger partial charge in [0.25, 0.3) is 0 Å². The second-order valence-electron chi connectivity index (χ2n) is 3.74. The standard InChI is InChI=1S/C10H13N3.2C2H6/c1-6-12-9-3-2-7-4-11-5-8(7)10(9)13-6;2*1-2/h2-3,6,11-13H,4-5H2,1H3;2*1-2H3. The highest BCUT2D eigenvalue weighted by Gasteiger charge is 2.22. The van der Waals surface area contributed by atoms with Crippen molar-refractivity contribution in [2.75, 3.05) is 10.6 Å². The molecule has 3 nitrogen and oxygen atoms in total. The normalized spacial score (nSPS) is 18.5. The summed E-state index contributed by atoms with van der Waals surface area (Å²) in [6.45, 7) is 12.1. The third kappa shape index (κ3) is 2.72. The SMILES string of the molecule is CC.CC.CC1Nc2ccc3c(c2N1)CNC3. The summed E-state index contributed by atoms with van der Waals surface area (Å²) in [6.07, 6.45) is 0.363. The molecule has 0 aromatic heterocycles. The largest absolute Gasteiger partial charge is 0.364 e. The quantitative estimate of drug-likeness (QED) is 0.644. The van der Waals surface area contributed by atoms with E-state index in [0.29, 0.717) is 6.17 Å². The molecule has 1 unspecified atom stereocenters. The van der Waals surface area contributed by atoms with E-state index >= 15 is 0 Å². The first-order valence-electron chi connectivity index (χ1n) is 6.73. The zero-order chi connectivity index (χ0) is 12.8. The van der Waals surface area contributed by atoms with Crippen molar-refractivity contribution in [1.29, 1.82) is 0 Å². The maximum atomic E-state index is 3.45. The molecule has 1 aromatic carbocycles. The van der Waals surface area contributed by atoms with Gasteiger partial charge in [0.2, 0.25) is 0 Å². The first-order valence-corrected chi connectivity index (χ1v) is 6.73. The molecule has 0 aliphatic carbocycles. The molecule has 0 amide bonds. The number of hydrogen-bond acceptors (Lipinski definition) is 3. The molecule has 0 spiro atoms. The van der Waals surface area contributed by atoms with Gasteiger partial charge in [0, 0.05) is 13.1 Å². The van der Waals surface area contributed by atoms with Crippen LogP contribution in [-0.2, 0) is 13.1 Å². The zero-order valence-electron chi connectivity index (χ0n) is 11.6. The Morgan fingerprint density at radius 1 is 1.00 bits per heavy atom. The van der Waals surface area contributed by atoms with Gasteiger partial charge in [-0.2, -0.15) is 0 Å². The first-order chi connectivity index (χ1) is 8.34. The molecule has 2 aliphatic heterocycles. The number of benzene rings is 1. The van der Waals surface area contributed by atoms with Gasteiger partial charge in [-0.25, -0.2) is 0 Å². The van der Waals surface area contributed by atoms with Crippen molar-refractivity contribution in [2.24, 2.45) is 0 Å². The summed E-state index contributed by atoms with van der Waals surface area (Å²) in [5.74, 6) is 0. The highest BCUT2D eigenvalue weighted by atomic mass is 15.2. The van der Waals surface area contributed by atoms with Crippen LogP contribution in [0.4, 0.5) is 11.4 Å². The third-order valence-corrected chi connectivity index (χ3v) is 2.76. The van der Waals surface area contributed by atoms with E-state index in [0.717, 1.165) is 13.1 Å². The van der Waals surface area contributed by atoms with E-state index in [9.17, 15) is 0 Å². The third-order valence-electron chi connectivity index (χ3n) is 2.76. The van der Waals surface area contributed by atoms with Gasteiger partial charge in [0.1, 0.15) is 0 Å².